The van der Waals surface area contributed by atoms with Crippen LogP contribution < -0.4 is 4.90 Å². The zero-order valence-corrected chi connectivity index (χ0v) is 16.1. The second-order valence-corrected chi connectivity index (χ2v) is 7.31. The number of hydrogen-bond acceptors (Lipinski definition) is 6. The van der Waals surface area contributed by atoms with E-state index in [1.165, 1.54) is 0 Å². The highest BCUT2D eigenvalue weighted by Gasteiger charge is 2.30. The molecule has 0 unspecified atom stereocenters. The third-order valence-electron chi connectivity index (χ3n) is 5.65. The molecular weight excluding hydrogens is 358 g/mol. The van der Waals surface area contributed by atoms with Crippen LogP contribution in [-0.2, 0) is 9.59 Å². The summed E-state index contributed by atoms with van der Waals surface area (Å²) in [4.78, 5) is 42.5. The lowest BCUT2D eigenvalue weighted by atomic mass is 9.95. The Bertz CT molecular complexity index is 836. The van der Waals surface area contributed by atoms with Crippen molar-refractivity contribution < 1.29 is 9.59 Å². The van der Waals surface area contributed by atoms with E-state index in [2.05, 4.69) is 19.9 Å². The molecular formula is C19H25N7O2. The minimum atomic E-state index is 0.0521. The van der Waals surface area contributed by atoms with Crippen LogP contribution in [0.5, 0.6) is 0 Å². The van der Waals surface area contributed by atoms with Crippen LogP contribution >= 0.6 is 0 Å². The van der Waals surface area contributed by atoms with Gasteiger partial charge < -0.3 is 14.7 Å². The van der Waals surface area contributed by atoms with Crippen LogP contribution in [-0.4, -0.2) is 80.9 Å². The van der Waals surface area contributed by atoms with Crippen molar-refractivity contribution in [3.05, 3.63) is 30.6 Å². The highest BCUT2D eigenvalue weighted by atomic mass is 16.2. The minimum Gasteiger partial charge on any atom is -0.356 e. The Morgan fingerprint density at radius 3 is 2.39 bits per heavy atom. The summed E-state index contributed by atoms with van der Waals surface area (Å²) in [6.45, 7) is 6.06. The van der Waals surface area contributed by atoms with Crippen LogP contribution in [0.15, 0.2) is 24.8 Å². The number of aromatic nitrogens is 4. The first-order valence-electron chi connectivity index (χ1n) is 9.71. The van der Waals surface area contributed by atoms with Crippen molar-refractivity contribution >= 4 is 18.1 Å². The van der Waals surface area contributed by atoms with Crippen LogP contribution in [0.1, 0.15) is 18.7 Å². The third kappa shape index (κ3) is 3.69. The molecule has 9 nitrogen and oxygen atoms in total. The van der Waals surface area contributed by atoms with Gasteiger partial charge >= 0.3 is 0 Å². The summed E-state index contributed by atoms with van der Waals surface area (Å²) in [5, 5.41) is 0. The fourth-order valence-electron chi connectivity index (χ4n) is 3.92. The molecule has 2 fully saturated rings. The first-order valence-corrected chi connectivity index (χ1v) is 9.71. The number of piperazine rings is 1. The van der Waals surface area contributed by atoms with Crippen LogP contribution in [0, 0.1) is 12.8 Å². The maximum Gasteiger partial charge on any atom is 0.225 e. The molecule has 0 radical (unpaired) electrons. The standard InChI is InChI=1S/C19H25N7O2/c1-15-20-4-7-26(15)18-12-17(21-13-22-18)24-5-2-16(3-6-24)19(28)25-10-8-23(14-27)9-11-25/h4,7,12-14,16H,2-3,5-6,8-11H2,1H3. The normalized spacial score (nSPS) is 18.4. The van der Waals surface area contributed by atoms with Gasteiger partial charge in [0.2, 0.25) is 12.3 Å². The van der Waals surface area contributed by atoms with Crippen molar-refractivity contribution in [3.63, 3.8) is 0 Å². The fraction of sp³-hybridized carbons (Fsp3) is 0.526. The largest absolute Gasteiger partial charge is 0.356 e. The van der Waals surface area contributed by atoms with Crippen LogP contribution in [0.3, 0.4) is 0 Å². The zero-order valence-electron chi connectivity index (χ0n) is 16.1. The maximum atomic E-state index is 12.8. The molecule has 0 spiro atoms. The topological polar surface area (TPSA) is 87.5 Å². The van der Waals surface area contributed by atoms with Crippen molar-refractivity contribution in [3.8, 4) is 5.82 Å². The summed E-state index contributed by atoms with van der Waals surface area (Å²) in [7, 11) is 0. The van der Waals surface area contributed by atoms with Gasteiger partial charge in [-0.2, -0.15) is 0 Å². The molecule has 2 aromatic heterocycles. The number of rotatable bonds is 4. The number of imidazole rings is 1. The number of amides is 2. The molecule has 2 aliphatic heterocycles. The lowest BCUT2D eigenvalue weighted by Gasteiger charge is -2.37. The quantitative estimate of drug-likeness (QED) is 0.714. The number of carbonyl (C=O) groups excluding carboxylic acids is 2. The molecule has 2 saturated heterocycles. The highest BCUT2D eigenvalue weighted by Crippen LogP contribution is 2.24. The molecule has 2 aliphatic rings. The van der Waals surface area contributed by atoms with Crippen molar-refractivity contribution in [1.29, 1.82) is 0 Å². The second-order valence-electron chi connectivity index (χ2n) is 7.31. The molecule has 0 N–H and O–H groups in total. The molecule has 148 valence electrons. The first kappa shape index (κ1) is 18.4. The lowest BCUT2D eigenvalue weighted by Crippen LogP contribution is -2.51. The molecule has 0 aliphatic carbocycles. The zero-order chi connectivity index (χ0) is 19.5. The molecule has 9 heteroatoms. The van der Waals surface area contributed by atoms with E-state index < -0.39 is 0 Å². The molecule has 0 aromatic carbocycles. The summed E-state index contributed by atoms with van der Waals surface area (Å²) >= 11 is 0. The van der Waals surface area contributed by atoms with Gasteiger partial charge in [0.15, 0.2) is 0 Å². The third-order valence-corrected chi connectivity index (χ3v) is 5.65. The van der Waals surface area contributed by atoms with Crippen molar-refractivity contribution in [2.45, 2.75) is 19.8 Å². The van der Waals surface area contributed by atoms with Gasteiger partial charge in [0.1, 0.15) is 23.8 Å². The van der Waals surface area contributed by atoms with Crippen LogP contribution in [0.2, 0.25) is 0 Å². The number of nitrogens with zero attached hydrogens (tertiary/aromatic N) is 7. The summed E-state index contributed by atoms with van der Waals surface area (Å²) in [5.74, 6) is 2.83. The Hall–Kier alpha value is -2.97. The van der Waals surface area contributed by atoms with Crippen LogP contribution in [0.25, 0.3) is 5.82 Å². The summed E-state index contributed by atoms with van der Waals surface area (Å²) in [6.07, 6.45) is 7.71. The molecule has 4 heterocycles. The van der Waals surface area contributed by atoms with Crippen molar-refractivity contribution in [2.75, 3.05) is 44.2 Å². The van der Waals surface area contributed by atoms with Gasteiger partial charge in [-0.1, -0.05) is 0 Å². The number of carbonyl (C=O) groups is 2. The Kier molecular flexibility index (Phi) is 5.23. The van der Waals surface area contributed by atoms with Crippen LogP contribution in [0.4, 0.5) is 5.82 Å². The smallest absolute Gasteiger partial charge is 0.225 e. The number of aryl methyl sites for hydroxylation is 1. The number of piperidine rings is 1. The van der Waals surface area contributed by atoms with Gasteiger partial charge in [0.25, 0.3) is 0 Å². The Morgan fingerprint density at radius 1 is 1.04 bits per heavy atom. The highest BCUT2D eigenvalue weighted by molar-refractivity contribution is 5.79. The van der Waals surface area contributed by atoms with E-state index in [4.69, 9.17) is 0 Å². The number of anilines is 1. The predicted octanol–water partition coefficient (Wildman–Crippen LogP) is 0.488. The molecule has 0 bridgehead atoms. The minimum absolute atomic E-state index is 0.0521. The molecule has 4 rings (SSSR count). The average Bonchev–Trinajstić information content (AvgIpc) is 3.19. The SMILES string of the molecule is Cc1nccn1-c1cc(N2CCC(C(=O)N3CCN(C=O)CC3)CC2)ncn1. The molecule has 2 amide bonds. The van der Waals surface area contributed by atoms with E-state index in [0.717, 1.165) is 49.8 Å². The van der Waals surface area contributed by atoms with E-state index in [1.54, 1.807) is 17.4 Å². The summed E-state index contributed by atoms with van der Waals surface area (Å²) < 4.78 is 1.93. The van der Waals surface area contributed by atoms with Gasteiger partial charge in [0.05, 0.1) is 0 Å². The maximum absolute atomic E-state index is 12.8. The Labute approximate surface area is 164 Å². The van der Waals surface area contributed by atoms with E-state index in [1.807, 2.05) is 28.7 Å². The Balaban J connectivity index is 1.36. The average molecular weight is 383 g/mol. The lowest BCUT2D eigenvalue weighted by molar-refractivity contribution is -0.139. The molecule has 0 atom stereocenters. The number of hydrogen-bond donors (Lipinski definition) is 0. The van der Waals surface area contributed by atoms with Gasteiger partial charge in [-0.15, -0.1) is 0 Å². The molecule has 2 aromatic rings. The van der Waals surface area contributed by atoms with Crippen molar-refractivity contribution in [2.24, 2.45) is 5.92 Å². The van der Waals surface area contributed by atoms with E-state index in [9.17, 15) is 9.59 Å². The predicted molar refractivity (Wildman–Crippen MR) is 103 cm³/mol. The first-order chi connectivity index (χ1) is 13.7. The van der Waals surface area contributed by atoms with Gasteiger partial charge in [-0.05, 0) is 19.8 Å². The fourth-order valence-corrected chi connectivity index (χ4v) is 3.92. The van der Waals surface area contributed by atoms with Crippen molar-refractivity contribution in [1.82, 2.24) is 29.3 Å². The summed E-state index contributed by atoms with van der Waals surface area (Å²) in [6, 6.07) is 1.97. The molecule has 28 heavy (non-hydrogen) atoms. The van der Waals surface area contributed by atoms with Gasteiger partial charge in [-0.3, -0.25) is 14.2 Å². The summed E-state index contributed by atoms with van der Waals surface area (Å²) in [5.41, 5.74) is 0. The Morgan fingerprint density at radius 2 is 1.75 bits per heavy atom. The van der Waals surface area contributed by atoms with E-state index in [0.29, 0.717) is 26.2 Å². The van der Waals surface area contributed by atoms with E-state index in [-0.39, 0.29) is 11.8 Å². The van der Waals surface area contributed by atoms with E-state index >= 15 is 0 Å². The van der Waals surface area contributed by atoms with Gasteiger partial charge in [0, 0.05) is 63.6 Å². The second kappa shape index (κ2) is 7.95. The molecule has 0 saturated carbocycles. The van der Waals surface area contributed by atoms with Gasteiger partial charge in [-0.25, -0.2) is 15.0 Å². The monoisotopic (exact) mass is 383 g/mol.